The summed E-state index contributed by atoms with van der Waals surface area (Å²) in [5.41, 5.74) is 3.16. The van der Waals surface area contributed by atoms with Gasteiger partial charge >= 0.3 is 0 Å². The highest BCUT2D eigenvalue weighted by atomic mass is 35.5. The fourth-order valence-electron chi connectivity index (χ4n) is 2.27. The molecule has 4 heteroatoms. The van der Waals surface area contributed by atoms with Crippen LogP contribution in [0.3, 0.4) is 0 Å². The van der Waals surface area contributed by atoms with Crippen molar-refractivity contribution in [2.45, 2.75) is 13.8 Å². The van der Waals surface area contributed by atoms with E-state index in [9.17, 15) is 4.79 Å². The molecule has 0 fully saturated rings. The van der Waals surface area contributed by atoms with Gasteiger partial charge in [0, 0.05) is 16.1 Å². The van der Waals surface area contributed by atoms with Crippen LogP contribution in [0, 0.1) is 13.8 Å². The van der Waals surface area contributed by atoms with E-state index < -0.39 is 0 Å². The Kier molecular flexibility index (Phi) is 7.26. The monoisotopic (exact) mass is 386 g/mol. The summed E-state index contributed by atoms with van der Waals surface area (Å²) in [6.07, 6.45) is 0. The van der Waals surface area contributed by atoms with E-state index in [-0.39, 0.29) is 5.78 Å². The number of carbonyl (C=O) groups is 1. The van der Waals surface area contributed by atoms with E-state index in [1.165, 1.54) is 0 Å². The minimum Gasteiger partial charge on any atom is -0.497 e. The Balaban J connectivity index is 0.000000254. The molecule has 0 saturated carbocycles. The molecule has 0 heterocycles. The number of hydrogen-bond acceptors (Lipinski definition) is 2. The number of carbonyl (C=O) groups excluding carboxylic acids is 1. The van der Waals surface area contributed by atoms with Gasteiger partial charge in [0.1, 0.15) is 5.75 Å². The quantitative estimate of drug-likeness (QED) is 0.477. The molecule has 0 radical (unpaired) electrons. The second-order valence-corrected chi connectivity index (χ2v) is 6.53. The molecule has 2 nitrogen and oxygen atoms in total. The van der Waals surface area contributed by atoms with Crippen molar-refractivity contribution in [2.75, 3.05) is 7.11 Å². The molecule has 26 heavy (non-hydrogen) atoms. The number of rotatable bonds is 3. The fourth-order valence-corrected chi connectivity index (χ4v) is 2.62. The van der Waals surface area contributed by atoms with Gasteiger partial charge in [-0.25, -0.2) is 0 Å². The minimum atomic E-state index is -0.0775. The highest BCUT2D eigenvalue weighted by molar-refractivity contribution is 6.35. The lowest BCUT2D eigenvalue weighted by atomic mass is 10.0. The summed E-state index contributed by atoms with van der Waals surface area (Å²) in [5, 5.41) is 1.35. The first-order valence-electron chi connectivity index (χ1n) is 8.09. The summed E-state index contributed by atoms with van der Waals surface area (Å²) in [4.78, 5) is 12.3. The number of hydrogen-bond donors (Lipinski definition) is 0. The van der Waals surface area contributed by atoms with E-state index in [0.717, 1.165) is 21.9 Å². The van der Waals surface area contributed by atoms with Crippen LogP contribution < -0.4 is 4.74 Å². The van der Waals surface area contributed by atoms with Crippen LogP contribution in [0.15, 0.2) is 66.7 Å². The lowest BCUT2D eigenvalue weighted by Crippen LogP contribution is -2.02. The van der Waals surface area contributed by atoms with Crippen LogP contribution in [0.25, 0.3) is 0 Å². The summed E-state index contributed by atoms with van der Waals surface area (Å²) >= 11 is 11.9. The summed E-state index contributed by atoms with van der Waals surface area (Å²) in [6.45, 7) is 3.87. The van der Waals surface area contributed by atoms with Crippen LogP contribution in [0.4, 0.5) is 0 Å². The smallest absolute Gasteiger partial charge is 0.194 e. The Morgan fingerprint density at radius 1 is 0.808 bits per heavy atom. The van der Waals surface area contributed by atoms with E-state index in [2.05, 4.69) is 0 Å². The van der Waals surface area contributed by atoms with Crippen molar-refractivity contribution in [3.63, 3.8) is 0 Å². The molecule has 0 saturated heterocycles. The lowest BCUT2D eigenvalue weighted by molar-refractivity contribution is 0.103. The first-order chi connectivity index (χ1) is 12.4. The second kappa shape index (κ2) is 9.42. The van der Waals surface area contributed by atoms with E-state index in [0.29, 0.717) is 16.1 Å². The maximum absolute atomic E-state index is 12.3. The number of aryl methyl sites for hydroxylation is 2. The Hall–Kier alpha value is -2.29. The maximum atomic E-state index is 12.3. The molecule has 0 bridgehead atoms. The van der Waals surface area contributed by atoms with Crippen LogP contribution in [0.1, 0.15) is 27.0 Å². The summed E-state index contributed by atoms with van der Waals surface area (Å²) in [6, 6.07) is 20.2. The average molecular weight is 387 g/mol. The molecule has 0 atom stereocenters. The van der Waals surface area contributed by atoms with Crippen LogP contribution in [-0.4, -0.2) is 12.9 Å². The maximum Gasteiger partial charge on any atom is 0.194 e. The van der Waals surface area contributed by atoms with Gasteiger partial charge in [0.15, 0.2) is 5.78 Å². The van der Waals surface area contributed by atoms with Gasteiger partial charge < -0.3 is 4.74 Å². The van der Waals surface area contributed by atoms with Crippen molar-refractivity contribution in [2.24, 2.45) is 0 Å². The Morgan fingerprint density at radius 2 is 1.42 bits per heavy atom. The summed E-state index contributed by atoms with van der Waals surface area (Å²) in [7, 11) is 1.59. The van der Waals surface area contributed by atoms with Crippen molar-refractivity contribution in [3.05, 3.63) is 99.0 Å². The zero-order valence-corrected chi connectivity index (χ0v) is 16.4. The molecule has 0 amide bonds. The molecule has 0 aliphatic carbocycles. The van der Waals surface area contributed by atoms with Crippen molar-refractivity contribution in [1.29, 1.82) is 0 Å². The first kappa shape index (κ1) is 20.0. The molecule has 3 aromatic carbocycles. The molecule has 0 N–H and O–H groups in total. The van der Waals surface area contributed by atoms with Crippen molar-refractivity contribution in [3.8, 4) is 5.75 Å². The minimum absolute atomic E-state index is 0.0775. The Labute approximate surface area is 164 Å². The van der Waals surface area contributed by atoms with Gasteiger partial charge in [-0.3, -0.25) is 4.79 Å². The number of methoxy groups -OCH3 is 1. The van der Waals surface area contributed by atoms with Gasteiger partial charge in [-0.15, -0.1) is 0 Å². The van der Waals surface area contributed by atoms with Gasteiger partial charge in [0.25, 0.3) is 0 Å². The largest absolute Gasteiger partial charge is 0.497 e. The Morgan fingerprint density at radius 3 is 1.96 bits per heavy atom. The number of benzene rings is 3. The van der Waals surface area contributed by atoms with E-state index >= 15 is 0 Å². The zero-order valence-electron chi connectivity index (χ0n) is 14.9. The molecule has 0 spiro atoms. The van der Waals surface area contributed by atoms with E-state index in [1.807, 2.05) is 50.2 Å². The molecule has 0 unspecified atom stereocenters. The van der Waals surface area contributed by atoms with Gasteiger partial charge in [0.05, 0.1) is 12.1 Å². The van der Waals surface area contributed by atoms with Crippen LogP contribution in [0.5, 0.6) is 5.75 Å². The molecular weight excluding hydrogens is 367 g/mol. The third kappa shape index (κ3) is 5.10. The molecular formula is C22H20Cl2O2. The van der Waals surface area contributed by atoms with Gasteiger partial charge in [-0.2, -0.15) is 0 Å². The topological polar surface area (TPSA) is 26.3 Å². The lowest BCUT2D eigenvalue weighted by Gasteiger charge is -2.06. The molecule has 0 aromatic heterocycles. The number of ether oxygens (including phenoxy) is 1. The summed E-state index contributed by atoms with van der Waals surface area (Å²) in [5.74, 6) is 0.647. The van der Waals surface area contributed by atoms with Crippen LogP contribution >= 0.6 is 23.2 Å². The second-order valence-electron chi connectivity index (χ2n) is 5.74. The van der Waals surface area contributed by atoms with E-state index in [1.54, 1.807) is 37.4 Å². The van der Waals surface area contributed by atoms with Gasteiger partial charge in [0.2, 0.25) is 0 Å². The van der Waals surface area contributed by atoms with Gasteiger partial charge in [-0.1, -0.05) is 53.5 Å². The van der Waals surface area contributed by atoms with Gasteiger partial charge in [-0.05, 0) is 61.4 Å². The highest BCUT2D eigenvalue weighted by Crippen LogP contribution is 2.23. The van der Waals surface area contributed by atoms with Crippen LogP contribution in [-0.2, 0) is 0 Å². The third-order valence-electron chi connectivity index (χ3n) is 3.87. The fraction of sp³-hybridized carbons (Fsp3) is 0.136. The summed E-state index contributed by atoms with van der Waals surface area (Å²) < 4.78 is 5.06. The first-order valence-corrected chi connectivity index (χ1v) is 8.84. The zero-order chi connectivity index (χ0) is 19.1. The Bertz CT molecular complexity index is 866. The van der Waals surface area contributed by atoms with Crippen molar-refractivity contribution >= 4 is 29.0 Å². The number of halogens is 2. The highest BCUT2D eigenvalue weighted by Gasteiger charge is 2.13. The molecule has 3 rings (SSSR count). The third-order valence-corrected chi connectivity index (χ3v) is 4.79. The average Bonchev–Trinajstić information content (AvgIpc) is 2.66. The molecule has 0 aliphatic heterocycles. The van der Waals surface area contributed by atoms with Crippen molar-refractivity contribution in [1.82, 2.24) is 0 Å². The standard InChI is InChI=1S/C15H13ClO2.C7H7Cl/c1-10-4-3-5-13(14(10)16)15(17)11-6-8-12(18-2)9-7-11;1-6-4-2-3-5-7(6)8/h3-9H,1-2H3;2-5H,1H3. The molecule has 0 aliphatic rings. The normalized spacial score (nSPS) is 9.88. The van der Waals surface area contributed by atoms with Crippen LogP contribution in [0.2, 0.25) is 10.0 Å². The predicted octanol–water partition coefficient (Wildman–Crippen LogP) is 6.54. The molecule has 134 valence electrons. The number of ketones is 1. The van der Waals surface area contributed by atoms with E-state index in [4.69, 9.17) is 27.9 Å². The van der Waals surface area contributed by atoms with Crippen molar-refractivity contribution < 1.29 is 9.53 Å². The predicted molar refractivity (Wildman–Crippen MR) is 109 cm³/mol. The molecule has 3 aromatic rings. The SMILES string of the molecule is COc1ccc(C(=O)c2cccc(C)c2Cl)cc1.Cc1ccccc1Cl.